The molecule has 0 spiro atoms. The van der Waals surface area contributed by atoms with Crippen molar-refractivity contribution in [1.29, 1.82) is 0 Å². The van der Waals surface area contributed by atoms with Gasteiger partial charge in [0.15, 0.2) is 0 Å². The molecule has 1 rings (SSSR count). The molecule has 1 atom stereocenters. The maximum Gasteiger partial charge on any atom is 0.296 e. The van der Waals surface area contributed by atoms with E-state index >= 15 is 0 Å². The van der Waals surface area contributed by atoms with E-state index in [-0.39, 0.29) is 5.91 Å². The summed E-state index contributed by atoms with van der Waals surface area (Å²) < 4.78 is 0. The van der Waals surface area contributed by atoms with Gasteiger partial charge in [-0.05, 0) is 30.6 Å². The van der Waals surface area contributed by atoms with Crippen LogP contribution in [-0.2, 0) is 9.59 Å². The van der Waals surface area contributed by atoms with Gasteiger partial charge in [-0.1, -0.05) is 24.1 Å². The molecule has 0 saturated heterocycles. The third kappa shape index (κ3) is 6.37. The topological polar surface area (TPSA) is 49.4 Å². The van der Waals surface area contributed by atoms with Crippen LogP contribution in [0.4, 0.5) is 0 Å². The Morgan fingerprint density at radius 2 is 1.95 bits per heavy atom. The summed E-state index contributed by atoms with van der Waals surface area (Å²) in [6.45, 7) is 0. The highest BCUT2D eigenvalue weighted by molar-refractivity contribution is 7.98. The van der Waals surface area contributed by atoms with E-state index < -0.39 is 11.9 Å². The van der Waals surface area contributed by atoms with Gasteiger partial charge < -0.3 is 10.2 Å². The summed E-state index contributed by atoms with van der Waals surface area (Å²) in [7, 11) is 3.35. The van der Waals surface area contributed by atoms with Crippen molar-refractivity contribution in [1.82, 2.24) is 10.2 Å². The predicted molar refractivity (Wildman–Crippen MR) is 86.9 cm³/mol. The summed E-state index contributed by atoms with van der Waals surface area (Å²) in [5.41, 5.74) is 0.771. The van der Waals surface area contributed by atoms with Crippen molar-refractivity contribution in [2.75, 3.05) is 26.1 Å². The number of amides is 2. The monoisotopic (exact) mass is 304 g/mol. The first-order valence-corrected chi connectivity index (χ1v) is 8.01. The summed E-state index contributed by atoms with van der Waals surface area (Å²) in [6, 6.07) is 8.74. The molecule has 0 aliphatic rings. The van der Waals surface area contributed by atoms with Gasteiger partial charge in [0, 0.05) is 25.6 Å². The molecule has 0 aliphatic carbocycles. The van der Waals surface area contributed by atoms with Crippen molar-refractivity contribution in [2.45, 2.75) is 12.5 Å². The van der Waals surface area contributed by atoms with Gasteiger partial charge in [-0.15, -0.1) is 0 Å². The van der Waals surface area contributed by atoms with E-state index in [1.807, 2.05) is 36.6 Å². The zero-order valence-corrected chi connectivity index (χ0v) is 13.4. The molecule has 0 bridgehead atoms. The first kappa shape index (κ1) is 17.1. The summed E-state index contributed by atoms with van der Waals surface area (Å²) in [4.78, 5) is 25.3. The molecule has 0 heterocycles. The fraction of sp³-hybridized carbons (Fsp3) is 0.375. The number of carbonyl (C=O) groups excluding carboxylic acids is 2. The van der Waals surface area contributed by atoms with Crippen LogP contribution in [0.3, 0.4) is 0 Å². The Morgan fingerprint density at radius 3 is 2.52 bits per heavy atom. The van der Waals surface area contributed by atoms with Crippen molar-refractivity contribution in [3.05, 3.63) is 35.9 Å². The molecule has 21 heavy (non-hydrogen) atoms. The van der Waals surface area contributed by atoms with E-state index in [2.05, 4.69) is 17.2 Å². The molecule has 1 aromatic carbocycles. The highest BCUT2D eigenvalue weighted by atomic mass is 32.2. The smallest absolute Gasteiger partial charge is 0.296 e. The van der Waals surface area contributed by atoms with Crippen molar-refractivity contribution in [3.63, 3.8) is 0 Å². The zero-order valence-electron chi connectivity index (χ0n) is 12.6. The van der Waals surface area contributed by atoms with Crippen LogP contribution in [0.25, 0.3) is 0 Å². The lowest BCUT2D eigenvalue weighted by molar-refractivity contribution is -0.133. The zero-order chi connectivity index (χ0) is 15.7. The molecule has 2 amide bonds. The Balaban J connectivity index is 2.68. The van der Waals surface area contributed by atoms with Crippen molar-refractivity contribution < 1.29 is 9.59 Å². The number of carbonyl (C=O) groups is 2. The van der Waals surface area contributed by atoms with E-state index in [0.29, 0.717) is 6.42 Å². The molecular weight excluding hydrogens is 284 g/mol. The molecule has 0 unspecified atom stereocenters. The van der Waals surface area contributed by atoms with Crippen LogP contribution in [0, 0.1) is 11.8 Å². The van der Waals surface area contributed by atoms with E-state index in [9.17, 15) is 9.59 Å². The Bertz CT molecular complexity index is 532. The normalized spacial score (nSPS) is 11.0. The average Bonchev–Trinajstić information content (AvgIpc) is 2.49. The van der Waals surface area contributed by atoms with Gasteiger partial charge in [0.05, 0.1) is 0 Å². The summed E-state index contributed by atoms with van der Waals surface area (Å²) in [5.74, 6) is 5.56. The number of nitrogens with zero attached hydrogens (tertiary/aromatic N) is 1. The van der Waals surface area contributed by atoms with Gasteiger partial charge in [-0.2, -0.15) is 11.8 Å². The Labute approximate surface area is 130 Å². The maximum atomic E-state index is 12.0. The summed E-state index contributed by atoms with van der Waals surface area (Å²) in [5, 5.41) is 2.69. The first-order chi connectivity index (χ1) is 10.0. The number of thioether (sulfide) groups is 1. The molecule has 5 heteroatoms. The molecule has 0 fully saturated rings. The van der Waals surface area contributed by atoms with Gasteiger partial charge in [-0.25, -0.2) is 0 Å². The van der Waals surface area contributed by atoms with E-state index in [1.54, 1.807) is 25.9 Å². The SMILES string of the molecule is CSCC[C@H](NC(=O)C#Cc1ccccc1)C(=O)N(C)C. The van der Waals surface area contributed by atoms with E-state index in [1.165, 1.54) is 4.90 Å². The average molecular weight is 304 g/mol. The molecule has 0 aromatic heterocycles. The third-order valence-corrected chi connectivity index (χ3v) is 3.39. The second kappa shape index (κ2) is 9.09. The van der Waals surface area contributed by atoms with E-state index in [0.717, 1.165) is 11.3 Å². The number of benzene rings is 1. The van der Waals surface area contributed by atoms with Gasteiger partial charge in [-0.3, -0.25) is 9.59 Å². The number of hydrogen-bond donors (Lipinski definition) is 1. The first-order valence-electron chi connectivity index (χ1n) is 6.62. The number of nitrogens with one attached hydrogen (secondary N) is 1. The van der Waals surface area contributed by atoms with Crippen LogP contribution >= 0.6 is 11.8 Å². The van der Waals surface area contributed by atoms with Crippen LogP contribution in [-0.4, -0.2) is 48.9 Å². The lowest BCUT2D eigenvalue weighted by Crippen LogP contribution is -2.46. The minimum Gasteiger partial charge on any atom is -0.347 e. The summed E-state index contributed by atoms with van der Waals surface area (Å²) >= 11 is 1.64. The lowest BCUT2D eigenvalue weighted by Gasteiger charge is -2.20. The predicted octanol–water partition coefficient (Wildman–Crippen LogP) is 1.36. The fourth-order valence-corrected chi connectivity index (χ4v) is 2.12. The van der Waals surface area contributed by atoms with Crippen LogP contribution in [0.2, 0.25) is 0 Å². The van der Waals surface area contributed by atoms with Gasteiger partial charge in [0.2, 0.25) is 5.91 Å². The highest BCUT2D eigenvalue weighted by Crippen LogP contribution is 2.03. The second-order valence-electron chi connectivity index (χ2n) is 4.66. The number of hydrogen-bond acceptors (Lipinski definition) is 3. The minimum atomic E-state index is -0.523. The molecule has 1 aromatic rings. The molecule has 112 valence electrons. The maximum absolute atomic E-state index is 12.0. The highest BCUT2D eigenvalue weighted by Gasteiger charge is 2.21. The number of likely N-dealkylation sites (N-methyl/N-ethyl adjacent to an activating group) is 1. The van der Waals surface area contributed by atoms with Crippen LogP contribution in [0.15, 0.2) is 30.3 Å². The van der Waals surface area contributed by atoms with Gasteiger partial charge in [0.25, 0.3) is 5.91 Å². The Morgan fingerprint density at radius 1 is 1.29 bits per heavy atom. The molecule has 0 radical (unpaired) electrons. The fourth-order valence-electron chi connectivity index (χ4n) is 1.65. The second-order valence-corrected chi connectivity index (χ2v) is 5.64. The van der Waals surface area contributed by atoms with Crippen LogP contribution < -0.4 is 5.32 Å². The molecular formula is C16H20N2O2S. The molecule has 1 N–H and O–H groups in total. The Hall–Kier alpha value is -1.93. The Kier molecular flexibility index (Phi) is 7.41. The quantitative estimate of drug-likeness (QED) is 0.836. The van der Waals surface area contributed by atoms with Crippen LogP contribution in [0.1, 0.15) is 12.0 Å². The largest absolute Gasteiger partial charge is 0.347 e. The van der Waals surface area contributed by atoms with Crippen molar-refractivity contribution in [2.24, 2.45) is 0 Å². The van der Waals surface area contributed by atoms with Gasteiger partial charge >= 0.3 is 0 Å². The standard InChI is InChI=1S/C16H20N2O2S/c1-18(2)16(20)14(11-12-21-3)17-15(19)10-9-13-7-5-4-6-8-13/h4-8,14H,11-12H2,1-3H3,(H,17,19)/t14-/m0/s1. The molecule has 4 nitrogen and oxygen atoms in total. The third-order valence-electron chi connectivity index (χ3n) is 2.75. The van der Waals surface area contributed by atoms with Gasteiger partial charge in [0.1, 0.15) is 6.04 Å². The molecule has 0 aliphatic heterocycles. The number of rotatable bonds is 5. The minimum absolute atomic E-state index is 0.112. The summed E-state index contributed by atoms with van der Waals surface area (Å²) in [6.07, 6.45) is 2.56. The van der Waals surface area contributed by atoms with Crippen molar-refractivity contribution >= 4 is 23.6 Å². The lowest BCUT2D eigenvalue weighted by atomic mass is 10.2. The van der Waals surface area contributed by atoms with Crippen LogP contribution in [0.5, 0.6) is 0 Å². The van der Waals surface area contributed by atoms with E-state index in [4.69, 9.17) is 0 Å². The van der Waals surface area contributed by atoms with Crippen molar-refractivity contribution in [3.8, 4) is 11.8 Å². The molecule has 0 saturated carbocycles.